The zero-order valence-corrected chi connectivity index (χ0v) is 21.5. The lowest BCUT2D eigenvalue weighted by Gasteiger charge is -2.37. The number of carboxylic acid groups (broad SMARTS) is 1. The summed E-state index contributed by atoms with van der Waals surface area (Å²) in [5.41, 5.74) is 3.88. The molecule has 0 aliphatic carbocycles. The minimum Gasteiger partial charge on any atom is -0.493 e. The van der Waals surface area contributed by atoms with Crippen molar-refractivity contribution in [3.05, 3.63) is 101 Å². The average Bonchev–Trinajstić information content (AvgIpc) is 3.36. The highest BCUT2D eigenvalue weighted by Crippen LogP contribution is 2.45. The summed E-state index contributed by atoms with van der Waals surface area (Å²) in [4.78, 5) is 32.7. The predicted octanol–water partition coefficient (Wildman–Crippen LogP) is 4.22. The fourth-order valence-corrected chi connectivity index (χ4v) is 5.49. The third-order valence-electron chi connectivity index (χ3n) is 7.41. The summed E-state index contributed by atoms with van der Waals surface area (Å²) in [7, 11) is 3.17. The summed E-state index contributed by atoms with van der Waals surface area (Å²) in [5, 5.41) is 10.2. The summed E-state index contributed by atoms with van der Waals surface area (Å²) in [6.45, 7) is 0.579. The molecule has 0 saturated carbocycles. The fraction of sp³-hybridized carbons (Fsp3) is 0.233. The Hall–Kier alpha value is -4.79. The molecule has 1 amide bonds. The van der Waals surface area contributed by atoms with E-state index in [-0.39, 0.29) is 18.9 Å². The smallest absolute Gasteiger partial charge is 0.326 e. The van der Waals surface area contributed by atoms with E-state index in [0.717, 1.165) is 22.4 Å². The number of carbonyl (C=O) groups is 2. The maximum atomic E-state index is 14.2. The van der Waals surface area contributed by atoms with Crippen LogP contribution in [0.15, 0.2) is 73.1 Å². The van der Waals surface area contributed by atoms with Crippen molar-refractivity contribution in [3.63, 3.8) is 0 Å². The van der Waals surface area contributed by atoms with Crippen LogP contribution >= 0.6 is 0 Å². The number of fused-ring (bicyclic) bond motifs is 3. The molecule has 0 unspecified atom stereocenters. The zero-order valence-electron chi connectivity index (χ0n) is 21.5. The highest BCUT2D eigenvalue weighted by Gasteiger charge is 2.42. The third-order valence-corrected chi connectivity index (χ3v) is 7.41. The van der Waals surface area contributed by atoms with Gasteiger partial charge in [-0.2, -0.15) is 0 Å². The van der Waals surface area contributed by atoms with E-state index in [1.165, 1.54) is 4.90 Å². The van der Waals surface area contributed by atoms with Crippen molar-refractivity contribution in [2.24, 2.45) is 0 Å². The van der Waals surface area contributed by atoms with E-state index < -0.39 is 17.9 Å². The normalized spacial score (nSPS) is 15.9. The molecule has 1 N–H and O–H groups in total. The zero-order chi connectivity index (χ0) is 27.1. The van der Waals surface area contributed by atoms with Crippen molar-refractivity contribution in [2.45, 2.75) is 31.5 Å². The van der Waals surface area contributed by atoms with E-state index in [9.17, 15) is 14.7 Å². The molecule has 4 aromatic rings. The number of aliphatic carboxylic acids is 1. The van der Waals surface area contributed by atoms with E-state index in [4.69, 9.17) is 14.2 Å². The van der Waals surface area contributed by atoms with Crippen molar-refractivity contribution >= 4 is 11.9 Å². The van der Waals surface area contributed by atoms with Crippen LogP contribution in [0.3, 0.4) is 0 Å². The second-order valence-corrected chi connectivity index (χ2v) is 9.59. The molecule has 1 atom stereocenters. The highest BCUT2D eigenvalue weighted by atomic mass is 16.5. The van der Waals surface area contributed by atoms with Crippen LogP contribution in [0.25, 0.3) is 0 Å². The maximum absolute atomic E-state index is 14.2. The number of imidazole rings is 1. The fourth-order valence-electron chi connectivity index (χ4n) is 5.49. The SMILES string of the molecule is COc1ccc(Cn2cnc3c2C[C@@H](C(=O)O)N(C(=O)C2c4ccccc4Oc4ccccc42)C3)cc1OC. The largest absolute Gasteiger partial charge is 0.493 e. The van der Waals surface area contributed by atoms with Crippen LogP contribution < -0.4 is 14.2 Å². The van der Waals surface area contributed by atoms with Gasteiger partial charge in [0.15, 0.2) is 11.5 Å². The molecule has 9 nitrogen and oxygen atoms in total. The minimum absolute atomic E-state index is 0.103. The van der Waals surface area contributed by atoms with Gasteiger partial charge in [-0.15, -0.1) is 0 Å². The summed E-state index contributed by atoms with van der Waals surface area (Å²) in [6, 6.07) is 19.4. The van der Waals surface area contributed by atoms with Crippen LogP contribution in [0, 0.1) is 0 Å². The lowest BCUT2D eigenvalue weighted by Crippen LogP contribution is -2.51. The Morgan fingerprint density at radius 1 is 0.974 bits per heavy atom. The van der Waals surface area contributed by atoms with Crippen LogP contribution in [-0.2, 0) is 29.1 Å². The molecule has 1 aromatic heterocycles. The van der Waals surface area contributed by atoms with Crippen molar-refractivity contribution in [3.8, 4) is 23.0 Å². The Balaban J connectivity index is 1.33. The van der Waals surface area contributed by atoms with Gasteiger partial charge < -0.3 is 28.8 Å². The van der Waals surface area contributed by atoms with Crippen LogP contribution in [0.5, 0.6) is 23.0 Å². The number of hydrogen-bond acceptors (Lipinski definition) is 6. The predicted molar refractivity (Wildman–Crippen MR) is 141 cm³/mol. The first kappa shape index (κ1) is 24.5. The van der Waals surface area contributed by atoms with Gasteiger partial charge in [-0.3, -0.25) is 4.79 Å². The van der Waals surface area contributed by atoms with Gasteiger partial charge in [0.05, 0.1) is 38.7 Å². The molecule has 2 aliphatic rings. The van der Waals surface area contributed by atoms with Crippen molar-refractivity contribution in [1.82, 2.24) is 14.5 Å². The third kappa shape index (κ3) is 4.25. The second-order valence-electron chi connectivity index (χ2n) is 9.59. The highest BCUT2D eigenvalue weighted by molar-refractivity contribution is 5.93. The van der Waals surface area contributed by atoms with Gasteiger partial charge in [0.1, 0.15) is 17.5 Å². The molecule has 39 heavy (non-hydrogen) atoms. The lowest BCUT2D eigenvalue weighted by molar-refractivity contribution is -0.151. The van der Waals surface area contributed by atoms with Crippen LogP contribution in [0.2, 0.25) is 0 Å². The number of benzene rings is 3. The van der Waals surface area contributed by atoms with Gasteiger partial charge in [-0.25, -0.2) is 9.78 Å². The van der Waals surface area contributed by atoms with Crippen molar-refractivity contribution in [1.29, 1.82) is 0 Å². The first-order valence-corrected chi connectivity index (χ1v) is 12.6. The molecule has 9 heteroatoms. The van der Waals surface area contributed by atoms with Crippen LogP contribution in [0.1, 0.15) is 34.0 Å². The monoisotopic (exact) mass is 525 g/mol. The molecular weight excluding hydrogens is 498 g/mol. The molecule has 0 bridgehead atoms. The number of aromatic nitrogens is 2. The molecule has 0 fully saturated rings. The summed E-state index contributed by atoms with van der Waals surface area (Å²) >= 11 is 0. The molecule has 198 valence electrons. The Bertz CT molecular complexity index is 1530. The molecule has 0 spiro atoms. The second kappa shape index (κ2) is 9.83. The molecule has 0 saturated heterocycles. The van der Waals surface area contributed by atoms with Gasteiger partial charge in [-0.1, -0.05) is 42.5 Å². The number of carboxylic acids is 1. The topological polar surface area (TPSA) is 103 Å². The van der Waals surface area contributed by atoms with Crippen molar-refractivity contribution in [2.75, 3.05) is 14.2 Å². The average molecular weight is 526 g/mol. The maximum Gasteiger partial charge on any atom is 0.326 e. The number of ether oxygens (including phenoxy) is 3. The van der Waals surface area contributed by atoms with Gasteiger partial charge in [0.25, 0.3) is 0 Å². The standard InChI is InChI=1S/C30H27N3O6/c1-37-26-12-11-18(13-27(26)38-2)15-32-17-31-21-16-33(23(30(35)36)14-22(21)32)29(34)28-19-7-3-5-9-24(19)39-25-10-6-4-8-20(25)28/h3-13,17,23,28H,14-16H2,1-2H3,(H,35,36)/t23-/m0/s1. The summed E-state index contributed by atoms with van der Waals surface area (Å²) in [5.74, 6) is 0.415. The number of carbonyl (C=O) groups excluding carboxylic acids is 1. The number of methoxy groups -OCH3 is 2. The number of rotatable bonds is 6. The van der Waals surface area contributed by atoms with Crippen LogP contribution in [0.4, 0.5) is 0 Å². The van der Waals surface area contributed by atoms with E-state index in [1.807, 2.05) is 71.3 Å². The summed E-state index contributed by atoms with van der Waals surface area (Å²) in [6.07, 6.45) is 1.85. The van der Waals surface area contributed by atoms with E-state index >= 15 is 0 Å². The van der Waals surface area contributed by atoms with Crippen molar-refractivity contribution < 1.29 is 28.9 Å². The summed E-state index contributed by atoms with van der Waals surface area (Å²) < 4.78 is 18.7. The van der Waals surface area contributed by atoms with Gasteiger partial charge in [-0.05, 0) is 29.8 Å². The molecule has 3 aromatic carbocycles. The van der Waals surface area contributed by atoms with Gasteiger partial charge in [0, 0.05) is 29.8 Å². The Labute approximate surface area is 225 Å². The first-order chi connectivity index (χ1) is 19.0. The van der Waals surface area contributed by atoms with E-state index in [0.29, 0.717) is 35.2 Å². The minimum atomic E-state index is -1.05. The van der Waals surface area contributed by atoms with Crippen LogP contribution in [-0.4, -0.2) is 51.7 Å². The molecular formula is C30H27N3O6. The van der Waals surface area contributed by atoms with E-state index in [2.05, 4.69) is 4.98 Å². The molecule has 6 rings (SSSR count). The number of amides is 1. The Morgan fingerprint density at radius 3 is 2.28 bits per heavy atom. The number of nitrogens with zero attached hydrogens (tertiary/aromatic N) is 3. The number of para-hydroxylation sites is 2. The molecule has 0 radical (unpaired) electrons. The van der Waals surface area contributed by atoms with E-state index in [1.54, 1.807) is 20.5 Å². The quantitative estimate of drug-likeness (QED) is 0.402. The Kier molecular flexibility index (Phi) is 6.18. The molecule has 3 heterocycles. The Morgan fingerprint density at radius 2 is 1.64 bits per heavy atom. The molecule has 2 aliphatic heterocycles. The van der Waals surface area contributed by atoms with Gasteiger partial charge in [0.2, 0.25) is 5.91 Å². The number of hydrogen-bond donors (Lipinski definition) is 1. The first-order valence-electron chi connectivity index (χ1n) is 12.6. The lowest BCUT2D eigenvalue weighted by atomic mass is 9.85. The van der Waals surface area contributed by atoms with Gasteiger partial charge >= 0.3 is 5.97 Å².